The van der Waals surface area contributed by atoms with Crippen LogP contribution in [0.5, 0.6) is 5.75 Å². The van der Waals surface area contributed by atoms with Gasteiger partial charge < -0.3 is 25.0 Å². The summed E-state index contributed by atoms with van der Waals surface area (Å²) in [6.07, 6.45) is 0.670. The molecule has 0 bridgehead atoms. The second kappa shape index (κ2) is 15.9. The third kappa shape index (κ3) is 9.03. The first-order valence-corrected chi connectivity index (χ1v) is 18.0. The molecule has 53 heavy (non-hydrogen) atoms. The molecule has 2 aliphatic rings. The number of alkyl carbamates (subject to hydrolysis) is 1. The van der Waals surface area contributed by atoms with Gasteiger partial charge in [0, 0.05) is 25.2 Å². The summed E-state index contributed by atoms with van der Waals surface area (Å²) in [5.41, 5.74) is 6.98. The van der Waals surface area contributed by atoms with Crippen LogP contribution in [0.2, 0.25) is 0 Å². The second-order valence-electron chi connectivity index (χ2n) is 15.1. The number of amides is 1. The van der Waals surface area contributed by atoms with Crippen molar-refractivity contribution in [1.82, 2.24) is 5.32 Å². The first-order valence-electron chi connectivity index (χ1n) is 18.0. The van der Waals surface area contributed by atoms with Gasteiger partial charge in [0.2, 0.25) is 0 Å². The fraction of sp³-hybridized carbons (Fsp3) is 0.318. The molecular formula is C44H46N2O7. The molecule has 1 amide bonds. The maximum absolute atomic E-state index is 13.5. The molecular weight excluding hydrogens is 668 g/mol. The quantitative estimate of drug-likeness (QED) is 0.0986. The zero-order valence-electron chi connectivity index (χ0n) is 30.6. The minimum absolute atomic E-state index is 0.0559. The predicted molar refractivity (Wildman–Crippen MR) is 204 cm³/mol. The number of nitrogens with one attached hydrogen (secondary N) is 1. The van der Waals surface area contributed by atoms with E-state index in [4.69, 9.17) is 14.5 Å². The molecule has 0 spiro atoms. The minimum atomic E-state index is -1.06. The highest BCUT2D eigenvalue weighted by Gasteiger charge is 2.35. The van der Waals surface area contributed by atoms with Gasteiger partial charge in [0.05, 0.1) is 17.0 Å². The van der Waals surface area contributed by atoms with Crippen LogP contribution < -0.4 is 5.32 Å². The SMILES string of the molecule is CC(C)CC(=Nc1ccc(COC(=O)[C@H](Cc2ccc(O)cc2)NC(=O)OCC2c3ccccc3-c3ccccc32)cc1)C1=C(O)CC(C)(C)CC1=O. The number of aliphatic imine (C=N–C) groups is 1. The molecule has 0 aliphatic heterocycles. The van der Waals surface area contributed by atoms with Gasteiger partial charge in [0.1, 0.15) is 30.8 Å². The Bertz CT molecular complexity index is 2000. The van der Waals surface area contributed by atoms with Crippen molar-refractivity contribution in [3.05, 3.63) is 131 Å². The van der Waals surface area contributed by atoms with E-state index in [9.17, 15) is 24.6 Å². The molecule has 0 fully saturated rings. The molecule has 1 atom stereocenters. The number of carbonyl (C=O) groups excluding carboxylic acids is 3. The molecule has 4 aromatic rings. The number of allylic oxidation sites excluding steroid dienone is 2. The summed E-state index contributed by atoms with van der Waals surface area (Å²) in [6.45, 7) is 8.06. The molecule has 9 heteroatoms. The van der Waals surface area contributed by atoms with Gasteiger partial charge in [-0.05, 0) is 75.4 Å². The molecule has 0 heterocycles. The number of carbonyl (C=O) groups is 3. The highest BCUT2D eigenvalue weighted by molar-refractivity contribution is 6.23. The first-order chi connectivity index (χ1) is 25.4. The molecule has 4 aromatic carbocycles. The molecule has 6 rings (SSSR count). The number of benzene rings is 4. The summed E-state index contributed by atoms with van der Waals surface area (Å²) in [7, 11) is 0. The number of ketones is 1. The number of nitrogens with zero attached hydrogens (tertiary/aromatic N) is 1. The van der Waals surface area contributed by atoms with Gasteiger partial charge in [-0.1, -0.05) is 100 Å². The van der Waals surface area contributed by atoms with Crippen LogP contribution >= 0.6 is 0 Å². The van der Waals surface area contributed by atoms with Crippen molar-refractivity contribution in [2.45, 2.75) is 71.9 Å². The number of esters is 1. The Morgan fingerprint density at radius 1 is 0.830 bits per heavy atom. The summed E-state index contributed by atoms with van der Waals surface area (Å²) < 4.78 is 11.4. The number of fused-ring (bicyclic) bond motifs is 3. The third-order valence-electron chi connectivity index (χ3n) is 9.62. The average molecular weight is 715 g/mol. The van der Waals surface area contributed by atoms with Crippen LogP contribution in [-0.2, 0) is 32.1 Å². The number of Topliss-reactive ketones (excluding diaryl/α,β-unsaturated/α-hetero) is 1. The van der Waals surface area contributed by atoms with Crippen molar-refractivity contribution in [3.63, 3.8) is 0 Å². The zero-order valence-corrected chi connectivity index (χ0v) is 30.6. The number of ether oxygens (including phenoxy) is 2. The van der Waals surface area contributed by atoms with Gasteiger partial charge in [-0.25, -0.2) is 9.59 Å². The number of aliphatic hydroxyl groups is 1. The molecule has 0 saturated carbocycles. The largest absolute Gasteiger partial charge is 0.511 e. The molecule has 0 unspecified atom stereocenters. The van der Waals surface area contributed by atoms with Crippen LogP contribution in [-0.4, -0.2) is 46.4 Å². The number of phenolic OH excluding ortho intramolecular Hbond substituents is 1. The number of hydrogen-bond acceptors (Lipinski definition) is 8. The summed E-state index contributed by atoms with van der Waals surface area (Å²) in [5.74, 6) is -0.495. The van der Waals surface area contributed by atoms with E-state index >= 15 is 0 Å². The maximum atomic E-state index is 13.5. The van der Waals surface area contributed by atoms with Gasteiger partial charge in [-0.2, -0.15) is 0 Å². The lowest BCUT2D eigenvalue weighted by molar-refractivity contribution is -0.147. The topological polar surface area (TPSA) is 135 Å². The standard InChI is InChI=1S/C44H46N2O7/c1-27(2)21-37(41-39(48)23-44(3,4)24-40(41)49)45-30-17-13-29(14-18-30)25-52-42(50)38(22-28-15-19-31(47)20-16-28)46-43(51)53-26-36-34-11-7-5-9-32(34)33-10-6-8-12-35(33)36/h5-20,27,36,38,47-48H,21-26H2,1-4H3,(H,46,51)/t38-/m0/s1. The molecule has 274 valence electrons. The Morgan fingerprint density at radius 2 is 1.43 bits per heavy atom. The van der Waals surface area contributed by atoms with E-state index in [1.807, 2.05) is 64.1 Å². The Labute approximate surface area is 310 Å². The minimum Gasteiger partial charge on any atom is -0.511 e. The van der Waals surface area contributed by atoms with Crippen LogP contribution in [0.15, 0.2) is 113 Å². The molecule has 0 aromatic heterocycles. The lowest BCUT2D eigenvalue weighted by atomic mass is 9.75. The highest BCUT2D eigenvalue weighted by atomic mass is 16.6. The number of phenols is 1. The third-order valence-corrected chi connectivity index (χ3v) is 9.62. The molecule has 9 nitrogen and oxygen atoms in total. The molecule has 0 radical (unpaired) electrons. The average Bonchev–Trinajstić information content (AvgIpc) is 3.43. The maximum Gasteiger partial charge on any atom is 0.407 e. The van der Waals surface area contributed by atoms with E-state index in [1.54, 1.807) is 36.4 Å². The van der Waals surface area contributed by atoms with Crippen molar-refractivity contribution >= 4 is 29.2 Å². The van der Waals surface area contributed by atoms with E-state index in [-0.39, 0.29) is 54.2 Å². The van der Waals surface area contributed by atoms with Crippen molar-refractivity contribution in [2.75, 3.05) is 6.61 Å². The predicted octanol–water partition coefficient (Wildman–Crippen LogP) is 8.91. The summed E-state index contributed by atoms with van der Waals surface area (Å²) in [5, 5.41) is 23.3. The van der Waals surface area contributed by atoms with Gasteiger partial charge in [-0.3, -0.25) is 9.79 Å². The lowest BCUT2D eigenvalue weighted by Gasteiger charge is -2.30. The number of hydrogen-bond donors (Lipinski definition) is 3. The second-order valence-corrected chi connectivity index (χ2v) is 15.1. The van der Waals surface area contributed by atoms with Gasteiger partial charge in [0.25, 0.3) is 0 Å². The lowest BCUT2D eigenvalue weighted by Crippen LogP contribution is -2.43. The first kappa shape index (κ1) is 37.1. The van der Waals surface area contributed by atoms with Gasteiger partial charge in [0.15, 0.2) is 5.78 Å². The Balaban J connectivity index is 1.12. The van der Waals surface area contributed by atoms with Crippen LogP contribution in [0.25, 0.3) is 11.1 Å². The van der Waals surface area contributed by atoms with E-state index in [2.05, 4.69) is 17.4 Å². The van der Waals surface area contributed by atoms with Crippen molar-refractivity contribution in [1.29, 1.82) is 0 Å². The summed E-state index contributed by atoms with van der Waals surface area (Å²) >= 11 is 0. The molecule has 3 N–H and O–H groups in total. The Hall–Kier alpha value is -5.70. The van der Waals surface area contributed by atoms with Crippen LogP contribution in [0.1, 0.15) is 75.1 Å². The Morgan fingerprint density at radius 3 is 2.04 bits per heavy atom. The summed E-state index contributed by atoms with van der Waals surface area (Å²) in [4.78, 5) is 44.6. The monoisotopic (exact) mass is 714 g/mol. The van der Waals surface area contributed by atoms with Crippen LogP contribution in [0, 0.1) is 11.3 Å². The van der Waals surface area contributed by atoms with Crippen LogP contribution in [0.3, 0.4) is 0 Å². The fourth-order valence-corrected chi connectivity index (χ4v) is 7.13. The number of rotatable bonds is 12. The van der Waals surface area contributed by atoms with Crippen molar-refractivity contribution < 1.29 is 34.1 Å². The highest BCUT2D eigenvalue weighted by Crippen LogP contribution is 2.44. The Kier molecular flexibility index (Phi) is 11.1. The normalized spacial score (nSPS) is 15.9. The van der Waals surface area contributed by atoms with Crippen molar-refractivity contribution in [2.24, 2.45) is 16.3 Å². The van der Waals surface area contributed by atoms with E-state index in [1.165, 1.54) is 12.1 Å². The smallest absolute Gasteiger partial charge is 0.407 e. The van der Waals surface area contributed by atoms with E-state index < -0.39 is 18.1 Å². The van der Waals surface area contributed by atoms with E-state index in [0.717, 1.165) is 22.3 Å². The zero-order chi connectivity index (χ0) is 37.7. The van der Waals surface area contributed by atoms with E-state index in [0.29, 0.717) is 47.4 Å². The van der Waals surface area contributed by atoms with Gasteiger partial charge >= 0.3 is 12.1 Å². The number of aliphatic hydroxyl groups excluding tert-OH is 1. The number of aromatic hydroxyl groups is 1. The summed E-state index contributed by atoms with van der Waals surface area (Å²) in [6, 6.07) is 28.6. The molecule has 0 saturated heterocycles. The fourth-order valence-electron chi connectivity index (χ4n) is 7.13. The van der Waals surface area contributed by atoms with Crippen LogP contribution in [0.4, 0.5) is 10.5 Å². The molecule has 2 aliphatic carbocycles. The van der Waals surface area contributed by atoms with Crippen molar-refractivity contribution in [3.8, 4) is 16.9 Å². The van der Waals surface area contributed by atoms with Gasteiger partial charge in [-0.15, -0.1) is 0 Å².